The first-order chi connectivity index (χ1) is 15.3. The number of rotatable bonds is 5. The van der Waals surface area contributed by atoms with E-state index in [0.29, 0.717) is 24.9 Å². The van der Waals surface area contributed by atoms with E-state index in [4.69, 9.17) is 4.74 Å². The minimum absolute atomic E-state index is 0.0185. The van der Waals surface area contributed by atoms with Crippen molar-refractivity contribution >= 4 is 6.03 Å². The van der Waals surface area contributed by atoms with Crippen LogP contribution in [0.5, 0.6) is 5.75 Å². The van der Waals surface area contributed by atoms with E-state index in [9.17, 15) is 18.0 Å². The third-order valence-electron chi connectivity index (χ3n) is 7.02. The second-order valence-electron chi connectivity index (χ2n) is 9.72. The van der Waals surface area contributed by atoms with Crippen LogP contribution in [0.3, 0.4) is 0 Å². The first-order valence-electron chi connectivity index (χ1n) is 11.0. The molecule has 2 aromatic rings. The molecule has 1 spiro atoms. The summed E-state index contributed by atoms with van der Waals surface area (Å²) in [5.74, 6) is 2.98. The number of aromatic amines is 1. The number of ether oxygens (including phenoxy) is 1. The van der Waals surface area contributed by atoms with Crippen LogP contribution in [-0.4, -0.2) is 79.8 Å². The number of carbonyl (C=O) groups excluding carboxylic acids is 1. The van der Waals surface area contributed by atoms with Crippen LogP contribution in [0.25, 0.3) is 0 Å². The Bertz CT molecular complexity index is 1010. The smallest absolute Gasteiger partial charge is 0.422 e. The highest BCUT2D eigenvalue weighted by atomic mass is 19.4. The summed E-state index contributed by atoms with van der Waals surface area (Å²) >= 11 is 0. The van der Waals surface area contributed by atoms with Gasteiger partial charge in [0, 0.05) is 43.4 Å². The van der Waals surface area contributed by atoms with Gasteiger partial charge < -0.3 is 14.5 Å². The molecule has 6 rings (SSSR count). The van der Waals surface area contributed by atoms with Gasteiger partial charge in [0.15, 0.2) is 18.2 Å². The maximum atomic E-state index is 12.7. The molecule has 12 heteroatoms. The van der Waals surface area contributed by atoms with E-state index in [-0.39, 0.29) is 23.2 Å². The van der Waals surface area contributed by atoms with E-state index >= 15 is 0 Å². The molecule has 0 bridgehead atoms. The molecule has 172 valence electrons. The van der Waals surface area contributed by atoms with Crippen molar-refractivity contribution in [2.45, 2.75) is 49.7 Å². The predicted octanol–water partition coefficient (Wildman–Crippen LogP) is 2.68. The van der Waals surface area contributed by atoms with E-state index in [0.717, 1.165) is 37.6 Å². The van der Waals surface area contributed by atoms with Gasteiger partial charge in [0.25, 0.3) is 0 Å². The van der Waals surface area contributed by atoms with Gasteiger partial charge >= 0.3 is 12.2 Å². The van der Waals surface area contributed by atoms with Gasteiger partial charge in [0.05, 0.1) is 18.4 Å². The van der Waals surface area contributed by atoms with Crippen LogP contribution < -0.4 is 4.74 Å². The van der Waals surface area contributed by atoms with Crippen molar-refractivity contribution in [2.24, 2.45) is 5.41 Å². The lowest BCUT2D eigenvalue weighted by atomic mass is 9.57. The summed E-state index contributed by atoms with van der Waals surface area (Å²) in [4.78, 5) is 21.0. The quantitative estimate of drug-likeness (QED) is 0.755. The summed E-state index contributed by atoms with van der Waals surface area (Å²) in [5.41, 5.74) is 0.206. The molecule has 4 aliphatic rings. The van der Waals surface area contributed by atoms with Crippen LogP contribution in [-0.2, 0) is 0 Å². The van der Waals surface area contributed by atoms with Crippen molar-refractivity contribution in [3.05, 3.63) is 24.0 Å². The highest BCUT2D eigenvalue weighted by Crippen LogP contribution is 2.56. The molecule has 32 heavy (non-hydrogen) atoms. The van der Waals surface area contributed by atoms with Gasteiger partial charge in [-0.1, -0.05) is 0 Å². The Morgan fingerprint density at radius 1 is 1.19 bits per heavy atom. The number of carbonyl (C=O) groups is 1. The van der Waals surface area contributed by atoms with Crippen LogP contribution in [0.2, 0.25) is 0 Å². The SMILES string of the molecule is O=C(N1CC(n2cc(OCC(F)(F)F)cn2)C1)N1CC2(CC(c3n[nH]c(C4CC4)n3)C2)C1. The molecule has 0 atom stereocenters. The van der Waals surface area contributed by atoms with Crippen molar-refractivity contribution in [3.8, 4) is 5.75 Å². The Kier molecular flexibility index (Phi) is 4.25. The number of urea groups is 1. The number of halogens is 3. The van der Waals surface area contributed by atoms with E-state index in [1.807, 2.05) is 4.90 Å². The summed E-state index contributed by atoms with van der Waals surface area (Å²) in [7, 11) is 0. The number of aromatic nitrogens is 5. The minimum Gasteiger partial charge on any atom is -0.481 e. The zero-order valence-electron chi connectivity index (χ0n) is 17.4. The topological polar surface area (TPSA) is 92.2 Å². The molecule has 4 fully saturated rings. The van der Waals surface area contributed by atoms with E-state index < -0.39 is 12.8 Å². The van der Waals surface area contributed by atoms with Gasteiger partial charge in [-0.25, -0.2) is 9.78 Å². The third-order valence-corrected chi connectivity index (χ3v) is 7.02. The molecule has 2 saturated carbocycles. The second-order valence-corrected chi connectivity index (χ2v) is 9.72. The second kappa shape index (κ2) is 6.85. The van der Waals surface area contributed by atoms with Gasteiger partial charge in [-0.15, -0.1) is 0 Å². The Morgan fingerprint density at radius 3 is 2.62 bits per heavy atom. The van der Waals surface area contributed by atoms with E-state index in [2.05, 4.69) is 20.3 Å². The lowest BCUT2D eigenvalue weighted by molar-refractivity contribution is -0.153. The monoisotopic (exact) mass is 451 g/mol. The number of likely N-dealkylation sites (tertiary alicyclic amines) is 2. The molecular formula is C20H24F3N7O2. The first-order valence-corrected chi connectivity index (χ1v) is 11.0. The largest absolute Gasteiger partial charge is 0.481 e. The normalized spacial score (nSPS) is 23.1. The fraction of sp³-hybridized carbons (Fsp3) is 0.700. The van der Waals surface area contributed by atoms with Crippen molar-refractivity contribution < 1.29 is 22.7 Å². The third kappa shape index (κ3) is 3.58. The molecule has 0 radical (unpaired) electrons. The fourth-order valence-corrected chi connectivity index (χ4v) is 5.07. The van der Waals surface area contributed by atoms with Gasteiger partial charge in [0.1, 0.15) is 5.82 Å². The molecule has 2 aliphatic carbocycles. The maximum absolute atomic E-state index is 12.7. The zero-order chi connectivity index (χ0) is 22.1. The number of hydrogen-bond acceptors (Lipinski definition) is 5. The lowest BCUT2D eigenvalue weighted by Gasteiger charge is -2.59. The van der Waals surface area contributed by atoms with Crippen molar-refractivity contribution in [1.82, 2.24) is 34.8 Å². The number of alkyl halides is 3. The Labute approximate surface area is 181 Å². The maximum Gasteiger partial charge on any atom is 0.422 e. The summed E-state index contributed by atoms with van der Waals surface area (Å²) in [6.07, 6.45) is 2.78. The zero-order valence-corrected chi connectivity index (χ0v) is 17.4. The Hall–Kier alpha value is -2.79. The molecule has 9 nitrogen and oxygen atoms in total. The molecule has 1 N–H and O–H groups in total. The van der Waals surface area contributed by atoms with Gasteiger partial charge in [-0.3, -0.25) is 9.78 Å². The Morgan fingerprint density at radius 2 is 1.94 bits per heavy atom. The van der Waals surface area contributed by atoms with Crippen molar-refractivity contribution in [3.63, 3.8) is 0 Å². The molecule has 2 amide bonds. The molecule has 0 unspecified atom stereocenters. The molecule has 4 heterocycles. The Balaban J connectivity index is 0.944. The fourth-order valence-electron chi connectivity index (χ4n) is 5.07. The molecular weight excluding hydrogens is 427 g/mol. The summed E-state index contributed by atoms with van der Waals surface area (Å²) in [6, 6.07) is -0.0261. The minimum atomic E-state index is -4.38. The molecule has 2 aliphatic heterocycles. The highest BCUT2D eigenvalue weighted by molar-refractivity contribution is 5.76. The summed E-state index contributed by atoms with van der Waals surface area (Å²) < 4.78 is 43.0. The molecule has 2 saturated heterocycles. The van der Waals surface area contributed by atoms with Crippen LogP contribution >= 0.6 is 0 Å². The van der Waals surface area contributed by atoms with E-state index in [1.165, 1.54) is 25.2 Å². The standard InChI is InChI=1S/C20H24F3N7O2/c21-20(22,23)11-32-15-5-24-30(8-15)14-6-28(7-14)18(31)29-9-19(10-29)3-13(4-19)17-25-16(26-27-17)12-1-2-12/h5,8,12-14H,1-4,6-7,9-11H2,(H,25,26,27). The summed E-state index contributed by atoms with van der Waals surface area (Å²) in [6.45, 7) is 1.17. The number of H-pyrrole nitrogens is 1. The predicted molar refractivity (Wildman–Crippen MR) is 104 cm³/mol. The van der Waals surface area contributed by atoms with Crippen LogP contribution in [0, 0.1) is 5.41 Å². The lowest BCUT2D eigenvalue weighted by Crippen LogP contribution is -2.67. The highest BCUT2D eigenvalue weighted by Gasteiger charge is 2.56. The van der Waals surface area contributed by atoms with Gasteiger partial charge in [0.2, 0.25) is 0 Å². The van der Waals surface area contributed by atoms with Crippen LogP contribution in [0.4, 0.5) is 18.0 Å². The average molecular weight is 451 g/mol. The number of amides is 2. The van der Waals surface area contributed by atoms with E-state index in [1.54, 1.807) is 9.58 Å². The number of nitrogens with one attached hydrogen (secondary N) is 1. The average Bonchev–Trinajstić information content (AvgIpc) is 3.18. The number of nitrogens with zero attached hydrogens (tertiary/aromatic N) is 6. The summed E-state index contributed by atoms with van der Waals surface area (Å²) in [5, 5.41) is 11.5. The number of hydrogen-bond donors (Lipinski definition) is 1. The first kappa shape index (κ1) is 19.9. The molecule has 0 aromatic carbocycles. The van der Waals surface area contributed by atoms with Gasteiger partial charge in [-0.2, -0.15) is 23.4 Å². The molecule has 2 aromatic heterocycles. The van der Waals surface area contributed by atoms with Crippen LogP contribution in [0.1, 0.15) is 55.2 Å². The van der Waals surface area contributed by atoms with Crippen molar-refractivity contribution in [2.75, 3.05) is 32.8 Å². The van der Waals surface area contributed by atoms with Gasteiger partial charge in [-0.05, 0) is 25.7 Å². The van der Waals surface area contributed by atoms with Crippen molar-refractivity contribution in [1.29, 1.82) is 0 Å². The van der Waals surface area contributed by atoms with Crippen LogP contribution in [0.15, 0.2) is 12.4 Å².